The Bertz CT molecular complexity index is 294. The van der Waals surface area contributed by atoms with Crippen molar-refractivity contribution in [3.05, 3.63) is 0 Å². The lowest BCUT2D eigenvalue weighted by Crippen LogP contribution is -2.49. The van der Waals surface area contributed by atoms with Gasteiger partial charge in [-0.3, -0.25) is 4.79 Å². The molecule has 0 aliphatic heterocycles. The summed E-state index contributed by atoms with van der Waals surface area (Å²) in [5.41, 5.74) is 0. The molecule has 0 aromatic rings. The molecule has 1 aliphatic rings. The van der Waals surface area contributed by atoms with Crippen LogP contribution < -0.4 is 10.6 Å². The van der Waals surface area contributed by atoms with Crippen molar-refractivity contribution in [3.63, 3.8) is 0 Å². The molecule has 0 heterocycles. The molecule has 1 amide bonds. The summed E-state index contributed by atoms with van der Waals surface area (Å²) in [5, 5.41) is 5.52. The summed E-state index contributed by atoms with van der Waals surface area (Å²) in [7, 11) is 0. The van der Waals surface area contributed by atoms with E-state index in [0.717, 1.165) is 12.8 Å². The highest BCUT2D eigenvalue weighted by Crippen LogP contribution is 2.37. The van der Waals surface area contributed by atoms with Crippen LogP contribution in [0.5, 0.6) is 0 Å². The fourth-order valence-corrected chi connectivity index (χ4v) is 2.42. The Morgan fingerprint density at radius 3 is 2.53 bits per heavy atom. The number of amides is 1. The first-order valence-corrected chi connectivity index (χ1v) is 6.94. The van der Waals surface area contributed by atoms with Crippen molar-refractivity contribution in [2.75, 3.05) is 6.54 Å². The van der Waals surface area contributed by atoms with Gasteiger partial charge in [-0.15, -0.1) is 0 Å². The molecule has 0 radical (unpaired) electrons. The lowest BCUT2D eigenvalue weighted by atomic mass is 9.84. The van der Waals surface area contributed by atoms with E-state index in [2.05, 4.69) is 10.6 Å². The van der Waals surface area contributed by atoms with Gasteiger partial charge in [-0.25, -0.2) is 0 Å². The van der Waals surface area contributed by atoms with Crippen LogP contribution in [0.3, 0.4) is 0 Å². The number of halogens is 3. The number of carbonyl (C=O) groups is 1. The predicted octanol–water partition coefficient (Wildman–Crippen LogP) is 2.61. The Labute approximate surface area is 112 Å². The fourth-order valence-electron chi connectivity index (χ4n) is 2.42. The fraction of sp³-hybridized carbons (Fsp3) is 0.923. The number of alkyl halides is 3. The van der Waals surface area contributed by atoms with Gasteiger partial charge in [-0.1, -0.05) is 19.8 Å². The Morgan fingerprint density at radius 2 is 1.95 bits per heavy atom. The molecule has 0 spiro atoms. The number of nitrogens with one attached hydrogen (secondary N) is 2. The number of hydrogen-bond acceptors (Lipinski definition) is 2. The van der Waals surface area contributed by atoms with Crippen molar-refractivity contribution in [2.45, 2.75) is 64.2 Å². The van der Waals surface area contributed by atoms with Crippen molar-refractivity contribution >= 4 is 5.91 Å². The standard InChI is InChI=1S/C13H23F3N2O/c1-3-9(2)18-12(19)8-17-11-7-5-4-6-10(11)13(14,15)16/h9-11,17H,3-8H2,1-2H3,(H,18,19)/t9-,10+,11+/m0/s1. The first-order valence-electron chi connectivity index (χ1n) is 6.94. The molecule has 3 nitrogen and oxygen atoms in total. The van der Waals surface area contributed by atoms with E-state index in [1.165, 1.54) is 0 Å². The second kappa shape index (κ2) is 7.12. The van der Waals surface area contributed by atoms with E-state index in [4.69, 9.17) is 0 Å². The molecule has 0 aromatic heterocycles. The topological polar surface area (TPSA) is 41.1 Å². The summed E-state index contributed by atoms with van der Waals surface area (Å²) in [6.07, 6.45) is -1.32. The Morgan fingerprint density at radius 1 is 1.32 bits per heavy atom. The second-order valence-electron chi connectivity index (χ2n) is 5.30. The van der Waals surface area contributed by atoms with Crippen molar-refractivity contribution in [2.24, 2.45) is 5.92 Å². The van der Waals surface area contributed by atoms with Crippen LogP contribution in [0, 0.1) is 5.92 Å². The molecule has 3 atom stereocenters. The lowest BCUT2D eigenvalue weighted by Gasteiger charge is -2.33. The molecule has 2 N–H and O–H groups in total. The number of rotatable bonds is 5. The minimum Gasteiger partial charge on any atom is -0.353 e. The molecule has 1 aliphatic carbocycles. The van der Waals surface area contributed by atoms with Crippen molar-refractivity contribution in [3.8, 4) is 0 Å². The van der Waals surface area contributed by atoms with Gasteiger partial charge < -0.3 is 10.6 Å². The van der Waals surface area contributed by atoms with Crippen LogP contribution in [0.25, 0.3) is 0 Å². The summed E-state index contributed by atoms with van der Waals surface area (Å²) in [4.78, 5) is 11.6. The molecule has 19 heavy (non-hydrogen) atoms. The monoisotopic (exact) mass is 280 g/mol. The molecule has 6 heteroatoms. The van der Waals surface area contributed by atoms with Gasteiger partial charge in [0.1, 0.15) is 0 Å². The Hall–Kier alpha value is -0.780. The minimum absolute atomic E-state index is 0.0401. The SMILES string of the molecule is CC[C@H](C)NC(=O)CN[C@@H]1CCCC[C@H]1C(F)(F)F. The van der Waals surface area contributed by atoms with Gasteiger partial charge in [0.25, 0.3) is 0 Å². The normalized spacial score (nSPS) is 25.9. The molecular weight excluding hydrogens is 257 g/mol. The molecule has 0 unspecified atom stereocenters. The van der Waals surface area contributed by atoms with E-state index in [1.807, 2.05) is 13.8 Å². The summed E-state index contributed by atoms with van der Waals surface area (Å²) in [5.74, 6) is -1.56. The van der Waals surface area contributed by atoms with E-state index in [9.17, 15) is 18.0 Å². The Balaban J connectivity index is 2.43. The zero-order chi connectivity index (χ0) is 14.5. The number of hydrogen-bond donors (Lipinski definition) is 2. The molecule has 1 fully saturated rings. The van der Waals surface area contributed by atoms with Crippen molar-refractivity contribution in [1.82, 2.24) is 10.6 Å². The summed E-state index contributed by atoms with van der Waals surface area (Å²) < 4.78 is 38.5. The quantitative estimate of drug-likeness (QED) is 0.813. The number of carbonyl (C=O) groups excluding carboxylic acids is 1. The van der Waals surface area contributed by atoms with Gasteiger partial charge in [0.05, 0.1) is 12.5 Å². The molecule has 0 aromatic carbocycles. The van der Waals surface area contributed by atoms with E-state index in [1.54, 1.807) is 0 Å². The van der Waals surface area contributed by atoms with Gasteiger partial charge in [0.2, 0.25) is 5.91 Å². The highest BCUT2D eigenvalue weighted by atomic mass is 19.4. The second-order valence-corrected chi connectivity index (χ2v) is 5.30. The molecule has 0 bridgehead atoms. The molecule has 1 rings (SSSR count). The minimum atomic E-state index is -4.18. The van der Waals surface area contributed by atoms with E-state index >= 15 is 0 Å². The van der Waals surface area contributed by atoms with Crippen LogP contribution in [0.15, 0.2) is 0 Å². The molecular formula is C13H23F3N2O. The maximum atomic E-state index is 12.8. The van der Waals surface area contributed by atoms with Gasteiger partial charge in [-0.05, 0) is 26.2 Å². The van der Waals surface area contributed by atoms with Crippen LogP contribution in [0.2, 0.25) is 0 Å². The van der Waals surface area contributed by atoms with E-state index < -0.39 is 18.1 Å². The van der Waals surface area contributed by atoms with Gasteiger partial charge in [-0.2, -0.15) is 13.2 Å². The predicted molar refractivity (Wildman–Crippen MR) is 67.7 cm³/mol. The van der Waals surface area contributed by atoms with Crippen LogP contribution in [-0.4, -0.2) is 30.7 Å². The van der Waals surface area contributed by atoms with Crippen molar-refractivity contribution in [1.29, 1.82) is 0 Å². The average Bonchev–Trinajstić information content (AvgIpc) is 2.35. The molecule has 112 valence electrons. The summed E-state index contributed by atoms with van der Waals surface area (Å²) >= 11 is 0. The zero-order valence-corrected chi connectivity index (χ0v) is 11.5. The summed E-state index contributed by atoms with van der Waals surface area (Å²) in [6, 6.07) is -0.574. The molecule has 1 saturated carbocycles. The highest BCUT2D eigenvalue weighted by molar-refractivity contribution is 5.78. The molecule has 0 saturated heterocycles. The van der Waals surface area contributed by atoms with E-state index in [-0.39, 0.29) is 24.9 Å². The average molecular weight is 280 g/mol. The maximum Gasteiger partial charge on any atom is 0.393 e. The van der Waals surface area contributed by atoms with Crippen LogP contribution in [-0.2, 0) is 4.79 Å². The largest absolute Gasteiger partial charge is 0.393 e. The van der Waals surface area contributed by atoms with Crippen LogP contribution in [0.4, 0.5) is 13.2 Å². The highest BCUT2D eigenvalue weighted by Gasteiger charge is 2.45. The first-order chi connectivity index (χ1) is 8.84. The lowest BCUT2D eigenvalue weighted by molar-refractivity contribution is -0.189. The first kappa shape index (κ1) is 16.3. The van der Waals surface area contributed by atoms with Gasteiger partial charge in [0, 0.05) is 12.1 Å². The third-order valence-electron chi connectivity index (χ3n) is 3.73. The third-order valence-corrected chi connectivity index (χ3v) is 3.73. The van der Waals surface area contributed by atoms with Crippen LogP contribution >= 0.6 is 0 Å². The van der Waals surface area contributed by atoms with Gasteiger partial charge in [0.15, 0.2) is 0 Å². The zero-order valence-electron chi connectivity index (χ0n) is 11.5. The van der Waals surface area contributed by atoms with E-state index in [0.29, 0.717) is 12.8 Å². The Kier molecular flexibility index (Phi) is 6.10. The summed E-state index contributed by atoms with van der Waals surface area (Å²) in [6.45, 7) is 3.78. The van der Waals surface area contributed by atoms with Crippen LogP contribution in [0.1, 0.15) is 46.0 Å². The smallest absolute Gasteiger partial charge is 0.353 e. The third kappa shape index (κ3) is 5.38. The van der Waals surface area contributed by atoms with Crippen molar-refractivity contribution < 1.29 is 18.0 Å². The van der Waals surface area contributed by atoms with Gasteiger partial charge >= 0.3 is 6.18 Å². The maximum absolute atomic E-state index is 12.8.